The topological polar surface area (TPSA) is 18.5 Å². The van der Waals surface area contributed by atoms with E-state index in [1.54, 1.807) is 0 Å². The molecule has 0 bridgehead atoms. The van der Waals surface area contributed by atoms with E-state index in [9.17, 15) is 0 Å². The van der Waals surface area contributed by atoms with Gasteiger partial charge in [0.2, 0.25) is 0 Å². The maximum absolute atomic E-state index is 3.48. The van der Waals surface area contributed by atoms with Gasteiger partial charge in [-0.3, -0.25) is 4.90 Å². The lowest BCUT2D eigenvalue weighted by Gasteiger charge is -2.29. The van der Waals surface area contributed by atoms with Gasteiger partial charge in [0.15, 0.2) is 0 Å². The van der Waals surface area contributed by atoms with E-state index in [-0.39, 0.29) is 0 Å². The summed E-state index contributed by atoms with van der Waals surface area (Å²) in [6, 6.07) is 10.1. The van der Waals surface area contributed by atoms with E-state index in [1.165, 1.54) is 50.1 Å². The molecule has 1 saturated heterocycles. The highest BCUT2D eigenvalue weighted by Crippen LogP contribution is 2.19. The zero-order valence-corrected chi connectivity index (χ0v) is 14.1. The van der Waals surface area contributed by atoms with Crippen LogP contribution in [0.2, 0.25) is 0 Å². The number of aryl methyl sites for hydroxylation is 1. The van der Waals surface area contributed by atoms with Crippen LogP contribution in [-0.2, 0) is 0 Å². The van der Waals surface area contributed by atoms with Gasteiger partial charge in [0.05, 0.1) is 0 Å². The molecule has 0 aliphatic carbocycles. The van der Waals surface area contributed by atoms with Crippen molar-refractivity contribution in [2.45, 2.75) is 38.8 Å². The van der Waals surface area contributed by atoms with E-state index < -0.39 is 0 Å². The summed E-state index contributed by atoms with van der Waals surface area (Å²) in [5.74, 6) is 0. The Morgan fingerprint density at radius 1 is 1.24 bits per heavy atom. The summed E-state index contributed by atoms with van der Waals surface area (Å²) in [7, 11) is 4.31. The molecular formula is C18H31N3. The first-order valence-electron chi connectivity index (χ1n) is 8.26. The van der Waals surface area contributed by atoms with Gasteiger partial charge in [-0.05, 0) is 59.4 Å². The molecule has 2 atom stereocenters. The third-order valence-electron chi connectivity index (χ3n) is 4.72. The Hall–Kier alpha value is -0.900. The predicted molar refractivity (Wildman–Crippen MR) is 90.7 cm³/mol. The van der Waals surface area contributed by atoms with Crippen LogP contribution in [0.5, 0.6) is 0 Å². The maximum Gasteiger partial charge on any atom is 0.0329 e. The monoisotopic (exact) mass is 289 g/mol. The van der Waals surface area contributed by atoms with Crippen LogP contribution in [0.1, 0.15) is 36.9 Å². The molecule has 1 N–H and O–H groups in total. The van der Waals surface area contributed by atoms with Crippen molar-refractivity contribution in [3.05, 3.63) is 35.4 Å². The first kappa shape index (κ1) is 16.5. The maximum atomic E-state index is 3.48. The molecule has 1 aliphatic heterocycles. The molecule has 1 fully saturated rings. The van der Waals surface area contributed by atoms with Crippen LogP contribution in [0.25, 0.3) is 0 Å². The molecule has 1 aromatic rings. The van der Waals surface area contributed by atoms with Gasteiger partial charge in [-0.2, -0.15) is 0 Å². The number of likely N-dealkylation sites (N-methyl/N-ethyl adjacent to an activating group) is 1. The summed E-state index contributed by atoms with van der Waals surface area (Å²) in [5.41, 5.74) is 2.74. The van der Waals surface area contributed by atoms with Crippen molar-refractivity contribution in [3.63, 3.8) is 0 Å². The minimum Gasteiger partial charge on any atom is -0.313 e. The lowest BCUT2D eigenvalue weighted by molar-refractivity contribution is 0.193. The van der Waals surface area contributed by atoms with Crippen LogP contribution in [0.4, 0.5) is 0 Å². The fourth-order valence-electron chi connectivity index (χ4n) is 3.33. The summed E-state index contributed by atoms with van der Waals surface area (Å²) in [4.78, 5) is 5.11. The lowest BCUT2D eigenvalue weighted by Crippen LogP contribution is -2.39. The van der Waals surface area contributed by atoms with E-state index in [4.69, 9.17) is 0 Å². The zero-order valence-electron chi connectivity index (χ0n) is 14.1. The Morgan fingerprint density at radius 3 is 2.62 bits per heavy atom. The fourth-order valence-corrected chi connectivity index (χ4v) is 3.33. The second-order valence-corrected chi connectivity index (χ2v) is 6.54. The second kappa shape index (κ2) is 7.92. The molecule has 2 rings (SSSR count). The summed E-state index contributed by atoms with van der Waals surface area (Å²) in [6.45, 7) is 9.34. The van der Waals surface area contributed by atoms with Gasteiger partial charge >= 0.3 is 0 Å². The molecular weight excluding hydrogens is 258 g/mol. The van der Waals surface area contributed by atoms with Crippen LogP contribution in [0.15, 0.2) is 24.3 Å². The minimum absolute atomic E-state index is 0.457. The van der Waals surface area contributed by atoms with Crippen molar-refractivity contribution in [2.75, 3.05) is 40.3 Å². The Balaban J connectivity index is 1.91. The number of rotatable bonds is 5. The molecule has 1 heterocycles. The van der Waals surface area contributed by atoms with Gasteiger partial charge in [-0.15, -0.1) is 0 Å². The molecule has 0 spiro atoms. The molecule has 0 amide bonds. The molecule has 3 heteroatoms. The molecule has 0 radical (unpaired) electrons. The van der Waals surface area contributed by atoms with E-state index in [0.29, 0.717) is 12.1 Å². The second-order valence-electron chi connectivity index (χ2n) is 6.54. The van der Waals surface area contributed by atoms with Gasteiger partial charge in [-0.1, -0.05) is 29.8 Å². The van der Waals surface area contributed by atoms with Crippen LogP contribution >= 0.6 is 0 Å². The van der Waals surface area contributed by atoms with Crippen molar-refractivity contribution in [3.8, 4) is 0 Å². The van der Waals surface area contributed by atoms with Crippen molar-refractivity contribution in [2.24, 2.45) is 0 Å². The van der Waals surface area contributed by atoms with E-state index >= 15 is 0 Å². The molecule has 118 valence electrons. The fraction of sp³-hybridized carbons (Fsp3) is 0.667. The average Bonchev–Trinajstić information content (AvgIpc) is 2.62. The van der Waals surface area contributed by atoms with Gasteiger partial charge in [0.25, 0.3) is 0 Å². The first-order chi connectivity index (χ1) is 10.1. The highest BCUT2D eigenvalue weighted by molar-refractivity contribution is 5.24. The van der Waals surface area contributed by atoms with Gasteiger partial charge in [0, 0.05) is 25.2 Å². The van der Waals surface area contributed by atoms with Gasteiger partial charge in [0.1, 0.15) is 0 Å². The zero-order chi connectivity index (χ0) is 15.2. The van der Waals surface area contributed by atoms with Crippen molar-refractivity contribution >= 4 is 0 Å². The average molecular weight is 289 g/mol. The number of hydrogen-bond acceptors (Lipinski definition) is 3. The summed E-state index contributed by atoms with van der Waals surface area (Å²) >= 11 is 0. The van der Waals surface area contributed by atoms with Crippen LogP contribution in [0.3, 0.4) is 0 Å². The van der Waals surface area contributed by atoms with E-state index in [2.05, 4.69) is 67.3 Å². The van der Waals surface area contributed by atoms with E-state index in [0.717, 1.165) is 0 Å². The number of nitrogens with one attached hydrogen (secondary N) is 1. The van der Waals surface area contributed by atoms with Crippen molar-refractivity contribution in [1.29, 1.82) is 0 Å². The van der Waals surface area contributed by atoms with Crippen LogP contribution in [-0.4, -0.2) is 56.1 Å². The van der Waals surface area contributed by atoms with Gasteiger partial charge in [-0.25, -0.2) is 0 Å². The predicted octanol–water partition coefficient (Wildman–Crippen LogP) is 2.67. The lowest BCUT2D eigenvalue weighted by atomic mass is 10.0. The third-order valence-corrected chi connectivity index (χ3v) is 4.72. The Kier molecular flexibility index (Phi) is 6.22. The van der Waals surface area contributed by atoms with Crippen molar-refractivity contribution < 1.29 is 0 Å². The first-order valence-corrected chi connectivity index (χ1v) is 8.26. The molecule has 21 heavy (non-hydrogen) atoms. The Morgan fingerprint density at radius 2 is 1.95 bits per heavy atom. The molecule has 3 nitrogen and oxygen atoms in total. The molecule has 2 unspecified atom stereocenters. The number of benzene rings is 1. The SMILES string of the molecule is CNC(CCN1CCCN(C)CC1C)c1ccc(C)cc1. The molecule has 0 saturated carbocycles. The quantitative estimate of drug-likeness (QED) is 0.899. The largest absolute Gasteiger partial charge is 0.313 e. The standard InChI is InChI=1S/C18H31N3/c1-15-6-8-17(9-7-15)18(19-3)10-13-21-12-5-11-20(4)14-16(21)2/h6-9,16,18-19H,5,10-14H2,1-4H3. The van der Waals surface area contributed by atoms with Crippen molar-refractivity contribution in [1.82, 2.24) is 15.1 Å². The summed E-state index contributed by atoms with van der Waals surface area (Å²) < 4.78 is 0. The van der Waals surface area contributed by atoms with Crippen LogP contribution < -0.4 is 5.32 Å². The Labute approximate surface area is 130 Å². The third kappa shape index (κ3) is 4.80. The minimum atomic E-state index is 0.457. The molecule has 1 aromatic carbocycles. The highest BCUT2D eigenvalue weighted by atomic mass is 15.2. The summed E-state index contributed by atoms with van der Waals surface area (Å²) in [5, 5.41) is 3.48. The Bertz CT molecular complexity index is 415. The smallest absolute Gasteiger partial charge is 0.0329 e. The van der Waals surface area contributed by atoms with Gasteiger partial charge < -0.3 is 10.2 Å². The normalized spacial score (nSPS) is 23.0. The highest BCUT2D eigenvalue weighted by Gasteiger charge is 2.20. The summed E-state index contributed by atoms with van der Waals surface area (Å²) in [6.07, 6.45) is 2.46. The van der Waals surface area contributed by atoms with E-state index in [1.807, 2.05) is 0 Å². The van der Waals surface area contributed by atoms with Crippen LogP contribution in [0, 0.1) is 6.92 Å². The molecule has 0 aromatic heterocycles. The number of nitrogens with zero attached hydrogens (tertiary/aromatic N) is 2. The molecule has 1 aliphatic rings. The number of hydrogen-bond donors (Lipinski definition) is 1.